The van der Waals surface area contributed by atoms with Gasteiger partial charge < -0.3 is 10.1 Å². The van der Waals surface area contributed by atoms with Crippen LogP contribution < -0.4 is 5.32 Å². The monoisotopic (exact) mass is 278 g/mol. The second-order valence-electron chi connectivity index (χ2n) is 6.55. The topological polar surface area (TPSA) is 34.2 Å². The Morgan fingerprint density at radius 1 is 1.37 bits per heavy atom. The summed E-state index contributed by atoms with van der Waals surface area (Å²) in [5.74, 6) is 0.821. The molecule has 2 atom stereocenters. The van der Waals surface area contributed by atoms with E-state index in [0.717, 1.165) is 31.5 Å². The fraction of sp³-hybridized carbons (Fsp3) is 0.800. The van der Waals surface area contributed by atoms with Crippen LogP contribution in [0.25, 0.3) is 0 Å². The Hall–Kier alpha value is -0.450. The van der Waals surface area contributed by atoms with Crippen molar-refractivity contribution >= 4 is 11.3 Å². The van der Waals surface area contributed by atoms with Crippen LogP contribution >= 0.6 is 11.3 Å². The summed E-state index contributed by atoms with van der Waals surface area (Å²) < 4.78 is 6.13. The van der Waals surface area contributed by atoms with Crippen LogP contribution in [-0.4, -0.2) is 30.3 Å². The van der Waals surface area contributed by atoms with Crippen molar-refractivity contribution in [2.24, 2.45) is 11.3 Å². The summed E-state index contributed by atoms with van der Waals surface area (Å²) in [5.41, 5.74) is 3.52. The van der Waals surface area contributed by atoms with E-state index in [2.05, 4.69) is 15.7 Å². The van der Waals surface area contributed by atoms with E-state index in [4.69, 9.17) is 4.74 Å². The molecular formula is C15H22N2OS. The average molecular weight is 278 g/mol. The van der Waals surface area contributed by atoms with Crippen molar-refractivity contribution < 1.29 is 4.74 Å². The van der Waals surface area contributed by atoms with E-state index in [1.54, 1.807) is 11.3 Å². The minimum absolute atomic E-state index is 0.303. The third-order valence-corrected chi connectivity index (χ3v) is 5.52. The van der Waals surface area contributed by atoms with Crippen molar-refractivity contribution in [3.8, 4) is 0 Å². The number of rotatable bonds is 6. The molecule has 1 aromatic rings. The number of aromatic nitrogens is 1. The zero-order valence-corrected chi connectivity index (χ0v) is 12.1. The SMILES string of the molecule is c1nc(CC2(CNC3CC3)CCOC2C2CC2)cs1. The number of nitrogens with zero attached hydrogens (tertiary/aromatic N) is 1. The molecule has 1 saturated heterocycles. The van der Waals surface area contributed by atoms with Crippen LogP contribution in [0.15, 0.2) is 10.9 Å². The van der Waals surface area contributed by atoms with Gasteiger partial charge in [-0.1, -0.05) is 0 Å². The first-order valence-electron chi connectivity index (χ1n) is 7.58. The van der Waals surface area contributed by atoms with Crippen molar-refractivity contribution in [3.05, 3.63) is 16.6 Å². The van der Waals surface area contributed by atoms with Gasteiger partial charge in [-0.3, -0.25) is 0 Å². The van der Waals surface area contributed by atoms with Crippen LogP contribution in [0.3, 0.4) is 0 Å². The van der Waals surface area contributed by atoms with Crippen molar-refractivity contribution in [1.82, 2.24) is 10.3 Å². The van der Waals surface area contributed by atoms with Gasteiger partial charge in [0.2, 0.25) is 0 Å². The fourth-order valence-electron chi connectivity index (χ4n) is 3.50. The molecule has 2 heterocycles. The van der Waals surface area contributed by atoms with E-state index in [1.807, 2.05) is 5.51 Å². The Kier molecular flexibility index (Phi) is 3.13. The third kappa shape index (κ3) is 2.58. The molecule has 3 nitrogen and oxygen atoms in total. The van der Waals surface area contributed by atoms with Crippen LogP contribution in [0.4, 0.5) is 0 Å². The summed E-state index contributed by atoms with van der Waals surface area (Å²) in [7, 11) is 0. The zero-order chi connectivity index (χ0) is 12.7. The van der Waals surface area contributed by atoms with Crippen LogP contribution in [0.1, 0.15) is 37.8 Å². The minimum atomic E-state index is 0.303. The Balaban J connectivity index is 1.53. The van der Waals surface area contributed by atoms with Gasteiger partial charge in [0.25, 0.3) is 0 Å². The van der Waals surface area contributed by atoms with Crippen LogP contribution in [0.5, 0.6) is 0 Å². The van der Waals surface area contributed by atoms with Gasteiger partial charge in [0, 0.05) is 30.0 Å². The van der Waals surface area contributed by atoms with Crippen LogP contribution in [-0.2, 0) is 11.2 Å². The molecule has 1 N–H and O–H groups in total. The maximum atomic E-state index is 6.13. The second kappa shape index (κ2) is 4.83. The van der Waals surface area contributed by atoms with E-state index in [-0.39, 0.29) is 0 Å². The molecule has 3 fully saturated rings. The Labute approximate surface area is 118 Å². The molecule has 1 aromatic heterocycles. The molecule has 0 amide bonds. The van der Waals surface area contributed by atoms with Crippen molar-refractivity contribution in [2.45, 2.75) is 50.7 Å². The summed E-state index contributed by atoms with van der Waals surface area (Å²) in [5, 5.41) is 5.97. The standard InChI is InChI=1S/C15H22N2OS/c1-2-11(1)14-15(5-6-18-14,9-16-12-3-4-12)7-13-8-19-10-17-13/h8,10-12,14,16H,1-7,9H2. The largest absolute Gasteiger partial charge is 0.377 e. The van der Waals surface area contributed by atoms with Crippen molar-refractivity contribution in [3.63, 3.8) is 0 Å². The number of ether oxygens (including phenoxy) is 1. The fourth-order valence-corrected chi connectivity index (χ4v) is 4.06. The Morgan fingerprint density at radius 2 is 2.26 bits per heavy atom. The third-order valence-electron chi connectivity index (χ3n) is 4.89. The highest BCUT2D eigenvalue weighted by atomic mass is 32.1. The maximum Gasteiger partial charge on any atom is 0.0794 e. The summed E-state index contributed by atoms with van der Waals surface area (Å²) in [4.78, 5) is 4.52. The molecule has 104 valence electrons. The Morgan fingerprint density at radius 3 is 2.95 bits per heavy atom. The molecular weight excluding hydrogens is 256 g/mol. The quantitative estimate of drug-likeness (QED) is 0.868. The lowest BCUT2D eigenvalue weighted by Crippen LogP contribution is -2.44. The van der Waals surface area contributed by atoms with E-state index in [9.17, 15) is 0 Å². The highest BCUT2D eigenvalue weighted by Crippen LogP contribution is 2.49. The second-order valence-corrected chi connectivity index (χ2v) is 7.27. The molecule has 4 rings (SSSR count). The van der Waals surface area contributed by atoms with Gasteiger partial charge in [0.15, 0.2) is 0 Å². The van der Waals surface area contributed by atoms with Crippen LogP contribution in [0, 0.1) is 11.3 Å². The van der Waals surface area contributed by atoms with Gasteiger partial charge in [-0.05, 0) is 44.4 Å². The molecule has 2 unspecified atom stereocenters. The zero-order valence-electron chi connectivity index (χ0n) is 11.3. The van der Waals surface area contributed by atoms with Crippen LogP contribution in [0.2, 0.25) is 0 Å². The summed E-state index contributed by atoms with van der Waals surface area (Å²) in [6.07, 6.45) is 8.23. The van der Waals surface area contributed by atoms with Gasteiger partial charge in [-0.25, -0.2) is 4.98 Å². The lowest BCUT2D eigenvalue weighted by molar-refractivity contribution is 0.0301. The molecule has 3 aliphatic rings. The van der Waals surface area contributed by atoms with E-state index in [0.29, 0.717) is 11.5 Å². The number of thiazole rings is 1. The molecule has 0 bridgehead atoms. The number of nitrogens with one attached hydrogen (secondary N) is 1. The minimum Gasteiger partial charge on any atom is -0.377 e. The van der Waals surface area contributed by atoms with E-state index >= 15 is 0 Å². The van der Waals surface area contributed by atoms with Gasteiger partial charge >= 0.3 is 0 Å². The van der Waals surface area contributed by atoms with Gasteiger partial charge in [0.05, 0.1) is 17.3 Å². The molecule has 4 heteroatoms. The molecule has 1 aliphatic heterocycles. The normalized spacial score (nSPS) is 34.8. The highest BCUT2D eigenvalue weighted by molar-refractivity contribution is 7.07. The predicted molar refractivity (Wildman–Crippen MR) is 76.4 cm³/mol. The van der Waals surface area contributed by atoms with Gasteiger partial charge in [-0.15, -0.1) is 11.3 Å². The maximum absolute atomic E-state index is 6.13. The van der Waals surface area contributed by atoms with Crippen molar-refractivity contribution in [1.29, 1.82) is 0 Å². The van der Waals surface area contributed by atoms with E-state index < -0.39 is 0 Å². The lowest BCUT2D eigenvalue weighted by Gasteiger charge is -2.34. The highest BCUT2D eigenvalue weighted by Gasteiger charge is 2.51. The average Bonchev–Trinajstić information content (AvgIpc) is 3.34. The molecule has 0 spiro atoms. The van der Waals surface area contributed by atoms with E-state index in [1.165, 1.54) is 37.8 Å². The summed E-state index contributed by atoms with van der Waals surface area (Å²) in [6, 6.07) is 0.785. The molecule has 0 radical (unpaired) electrons. The molecule has 2 saturated carbocycles. The number of hydrogen-bond acceptors (Lipinski definition) is 4. The smallest absolute Gasteiger partial charge is 0.0794 e. The summed E-state index contributed by atoms with van der Waals surface area (Å²) in [6.45, 7) is 2.06. The summed E-state index contributed by atoms with van der Waals surface area (Å²) >= 11 is 1.71. The van der Waals surface area contributed by atoms with Gasteiger partial charge in [0.1, 0.15) is 0 Å². The lowest BCUT2D eigenvalue weighted by atomic mass is 9.75. The molecule has 2 aliphatic carbocycles. The Bertz CT molecular complexity index is 427. The van der Waals surface area contributed by atoms with Crippen molar-refractivity contribution in [2.75, 3.05) is 13.2 Å². The predicted octanol–water partition coefficient (Wildman–Crippen LogP) is 2.62. The first-order valence-corrected chi connectivity index (χ1v) is 8.52. The molecule has 0 aromatic carbocycles. The van der Waals surface area contributed by atoms with Gasteiger partial charge in [-0.2, -0.15) is 0 Å². The molecule has 19 heavy (non-hydrogen) atoms. The number of hydrogen-bond donors (Lipinski definition) is 1. The first-order chi connectivity index (χ1) is 9.36. The first kappa shape index (κ1) is 12.3.